The summed E-state index contributed by atoms with van der Waals surface area (Å²) in [6.45, 7) is 0. The van der Waals surface area contributed by atoms with E-state index >= 15 is 0 Å². The lowest BCUT2D eigenvalue weighted by atomic mass is 9.99. The lowest BCUT2D eigenvalue weighted by Gasteiger charge is -2.08. The number of nitrogens with zero attached hydrogens (tertiary/aromatic N) is 2. The Morgan fingerprint density at radius 3 is 2.58 bits per heavy atom. The summed E-state index contributed by atoms with van der Waals surface area (Å²) in [7, 11) is 0. The molecule has 2 heterocycles. The number of carbonyl (C=O) groups excluding carboxylic acids is 1. The highest BCUT2D eigenvalue weighted by atomic mass is 19.1. The highest BCUT2D eigenvalue weighted by Crippen LogP contribution is 2.19. The van der Waals surface area contributed by atoms with Gasteiger partial charge in [0.1, 0.15) is 0 Å². The average molecular weight is 321 g/mol. The monoisotopic (exact) mass is 321 g/mol. The van der Waals surface area contributed by atoms with Gasteiger partial charge in [-0.3, -0.25) is 9.78 Å². The van der Waals surface area contributed by atoms with E-state index in [9.17, 15) is 9.18 Å². The van der Waals surface area contributed by atoms with Crippen LogP contribution in [0.2, 0.25) is 0 Å². The number of primary amides is 1. The maximum absolute atomic E-state index is 13.3. The number of nitrogens with two attached hydrogens (primary N) is 1. The minimum absolute atomic E-state index is 0.423. The predicted octanol–water partition coefficient (Wildman–Crippen LogP) is 3.17. The van der Waals surface area contributed by atoms with Crippen molar-refractivity contribution in [3.05, 3.63) is 83.6 Å². The van der Waals surface area contributed by atoms with Crippen LogP contribution in [0.5, 0.6) is 0 Å². The van der Waals surface area contributed by atoms with Gasteiger partial charge in [-0.15, -0.1) is 0 Å². The van der Waals surface area contributed by atoms with Gasteiger partial charge in [0.15, 0.2) is 0 Å². The van der Waals surface area contributed by atoms with Crippen LogP contribution in [0.1, 0.15) is 21.5 Å². The quantitative estimate of drug-likeness (QED) is 0.734. The van der Waals surface area contributed by atoms with Gasteiger partial charge in [-0.2, -0.15) is 4.39 Å². The largest absolute Gasteiger partial charge is 0.366 e. The molecule has 4 nitrogen and oxygen atoms in total. The normalized spacial score (nSPS) is 10.5. The van der Waals surface area contributed by atoms with Crippen LogP contribution < -0.4 is 5.73 Å². The third kappa shape index (κ3) is 3.63. The van der Waals surface area contributed by atoms with Gasteiger partial charge in [-0.25, -0.2) is 4.98 Å². The van der Waals surface area contributed by atoms with Crippen molar-refractivity contribution in [3.63, 3.8) is 0 Å². The number of rotatable bonds is 5. The third-order valence-corrected chi connectivity index (χ3v) is 3.81. The molecule has 120 valence electrons. The molecule has 0 aliphatic heterocycles. The summed E-state index contributed by atoms with van der Waals surface area (Å²) in [6.07, 6.45) is 4.53. The minimum Gasteiger partial charge on any atom is -0.366 e. The molecular weight excluding hydrogens is 305 g/mol. The lowest BCUT2D eigenvalue weighted by Crippen LogP contribution is -2.13. The summed E-state index contributed by atoms with van der Waals surface area (Å²) in [5.41, 5.74) is 9.29. The van der Waals surface area contributed by atoms with Crippen molar-refractivity contribution in [2.75, 3.05) is 0 Å². The van der Waals surface area contributed by atoms with Gasteiger partial charge in [-0.05, 0) is 48.2 Å². The molecule has 0 bridgehead atoms. The minimum atomic E-state index is -0.532. The Bertz CT molecular complexity index is 880. The first-order chi connectivity index (χ1) is 11.6. The molecule has 0 saturated heterocycles. The van der Waals surface area contributed by atoms with Gasteiger partial charge in [0.25, 0.3) is 0 Å². The summed E-state index contributed by atoms with van der Waals surface area (Å²) in [6, 6.07) is 14.2. The Labute approximate surface area is 139 Å². The van der Waals surface area contributed by atoms with Crippen molar-refractivity contribution in [3.8, 4) is 11.3 Å². The number of hydrogen-bond donors (Lipinski definition) is 1. The second-order valence-corrected chi connectivity index (χ2v) is 5.44. The molecule has 0 radical (unpaired) electrons. The van der Waals surface area contributed by atoms with Gasteiger partial charge >= 0.3 is 0 Å². The first-order valence-corrected chi connectivity index (χ1v) is 7.58. The predicted molar refractivity (Wildman–Crippen MR) is 89.8 cm³/mol. The van der Waals surface area contributed by atoms with Gasteiger partial charge < -0.3 is 5.73 Å². The Hall–Kier alpha value is -3.08. The molecule has 1 aromatic carbocycles. The van der Waals surface area contributed by atoms with Crippen molar-refractivity contribution in [1.29, 1.82) is 0 Å². The second-order valence-electron chi connectivity index (χ2n) is 5.44. The van der Waals surface area contributed by atoms with Gasteiger partial charge in [0.2, 0.25) is 11.9 Å². The molecule has 3 rings (SSSR count). The fourth-order valence-electron chi connectivity index (χ4n) is 2.61. The number of halogens is 1. The second kappa shape index (κ2) is 7.00. The fourth-order valence-corrected chi connectivity index (χ4v) is 2.61. The Morgan fingerprint density at radius 1 is 1.00 bits per heavy atom. The molecule has 0 atom stereocenters. The highest BCUT2D eigenvalue weighted by molar-refractivity contribution is 5.94. The fraction of sp³-hybridized carbons (Fsp3) is 0.105. The Balaban J connectivity index is 1.80. The number of hydrogen-bond acceptors (Lipinski definition) is 3. The molecule has 24 heavy (non-hydrogen) atoms. The highest BCUT2D eigenvalue weighted by Gasteiger charge is 2.08. The zero-order chi connectivity index (χ0) is 16.9. The molecule has 1 amide bonds. The van der Waals surface area contributed by atoms with E-state index in [-0.39, 0.29) is 0 Å². The van der Waals surface area contributed by atoms with Crippen LogP contribution in [0, 0.1) is 5.95 Å². The first-order valence-electron chi connectivity index (χ1n) is 7.58. The number of pyridine rings is 2. The van der Waals surface area contributed by atoms with Crippen LogP contribution in [0.3, 0.4) is 0 Å². The molecule has 0 saturated carbocycles. The van der Waals surface area contributed by atoms with E-state index in [0.717, 1.165) is 17.5 Å². The zero-order valence-corrected chi connectivity index (χ0v) is 12.9. The van der Waals surface area contributed by atoms with Crippen LogP contribution in [0.25, 0.3) is 11.3 Å². The van der Waals surface area contributed by atoms with Crippen LogP contribution in [-0.4, -0.2) is 15.9 Å². The van der Waals surface area contributed by atoms with E-state index in [1.807, 2.05) is 24.3 Å². The molecular formula is C19H16FN3O. The van der Waals surface area contributed by atoms with Gasteiger partial charge in [-0.1, -0.05) is 18.2 Å². The van der Waals surface area contributed by atoms with E-state index in [4.69, 9.17) is 5.73 Å². The summed E-state index contributed by atoms with van der Waals surface area (Å²) < 4.78 is 13.3. The van der Waals surface area contributed by atoms with E-state index in [1.54, 1.807) is 24.4 Å². The topological polar surface area (TPSA) is 68.9 Å². The number of carbonyl (C=O) groups is 1. The smallest absolute Gasteiger partial charge is 0.248 e. The van der Waals surface area contributed by atoms with Crippen molar-refractivity contribution in [2.45, 2.75) is 12.8 Å². The van der Waals surface area contributed by atoms with Crippen molar-refractivity contribution in [2.24, 2.45) is 5.73 Å². The molecule has 0 unspecified atom stereocenters. The van der Waals surface area contributed by atoms with Crippen molar-refractivity contribution >= 4 is 5.91 Å². The SMILES string of the molecule is NC(=O)c1ccccc1CCc1ccnc(-c2ccnc(F)c2)c1. The standard InChI is InChI=1S/C19H16FN3O/c20-18-12-15(8-10-23-18)17-11-13(7-9-22-17)5-6-14-3-1-2-4-16(14)19(21)24/h1-4,7-12H,5-6H2,(H2,21,24). The number of amides is 1. The third-order valence-electron chi connectivity index (χ3n) is 3.81. The molecule has 3 aromatic rings. The first kappa shape index (κ1) is 15.8. The Kier molecular flexibility index (Phi) is 4.61. The van der Waals surface area contributed by atoms with E-state index in [2.05, 4.69) is 9.97 Å². The van der Waals surface area contributed by atoms with Crippen LogP contribution >= 0.6 is 0 Å². The maximum atomic E-state index is 13.3. The van der Waals surface area contributed by atoms with Gasteiger partial charge in [0, 0.05) is 29.6 Å². The number of benzene rings is 1. The van der Waals surface area contributed by atoms with Crippen molar-refractivity contribution < 1.29 is 9.18 Å². The summed E-state index contributed by atoms with van der Waals surface area (Å²) in [4.78, 5) is 19.3. The lowest BCUT2D eigenvalue weighted by molar-refractivity contribution is 0.0999. The molecule has 0 aliphatic rings. The van der Waals surface area contributed by atoms with E-state index in [1.165, 1.54) is 12.3 Å². The Morgan fingerprint density at radius 2 is 1.79 bits per heavy atom. The zero-order valence-electron chi connectivity index (χ0n) is 12.9. The molecule has 2 N–H and O–H groups in total. The molecule has 0 fully saturated rings. The molecule has 0 aliphatic carbocycles. The molecule has 2 aromatic heterocycles. The maximum Gasteiger partial charge on any atom is 0.248 e. The van der Waals surface area contributed by atoms with Crippen LogP contribution in [-0.2, 0) is 12.8 Å². The average Bonchev–Trinajstić information content (AvgIpc) is 2.60. The number of aromatic nitrogens is 2. The number of aryl methyl sites for hydroxylation is 2. The summed E-state index contributed by atoms with van der Waals surface area (Å²) >= 11 is 0. The van der Waals surface area contributed by atoms with Crippen LogP contribution in [0.15, 0.2) is 60.9 Å². The summed E-state index contributed by atoms with van der Waals surface area (Å²) in [5.74, 6) is -0.955. The van der Waals surface area contributed by atoms with Crippen LogP contribution in [0.4, 0.5) is 4.39 Å². The van der Waals surface area contributed by atoms with E-state index < -0.39 is 11.9 Å². The molecule has 5 heteroatoms. The summed E-state index contributed by atoms with van der Waals surface area (Å²) in [5, 5.41) is 0. The van der Waals surface area contributed by atoms with Gasteiger partial charge in [0.05, 0.1) is 5.69 Å². The molecule has 0 spiro atoms. The van der Waals surface area contributed by atoms with E-state index in [0.29, 0.717) is 23.2 Å². The van der Waals surface area contributed by atoms with Crippen molar-refractivity contribution in [1.82, 2.24) is 9.97 Å².